The molecule has 0 amide bonds. The molecule has 0 bridgehead atoms. The van der Waals surface area contributed by atoms with Crippen LogP contribution in [-0.4, -0.2) is 21.0 Å². The van der Waals surface area contributed by atoms with Crippen molar-refractivity contribution in [2.75, 3.05) is 0 Å². The number of nitro groups is 1. The van der Waals surface area contributed by atoms with Crippen LogP contribution in [0.2, 0.25) is 0 Å². The van der Waals surface area contributed by atoms with Crippen molar-refractivity contribution in [2.24, 2.45) is 0 Å². The van der Waals surface area contributed by atoms with Crippen LogP contribution < -0.4 is 4.74 Å². The van der Waals surface area contributed by atoms with Gasteiger partial charge < -0.3 is 9.84 Å². The Morgan fingerprint density at radius 2 is 2.19 bits per heavy atom. The number of rotatable bonds is 5. The number of pyridine rings is 1. The van der Waals surface area contributed by atoms with E-state index in [4.69, 9.17) is 9.84 Å². The molecule has 2 aromatic rings. The lowest BCUT2D eigenvalue weighted by Crippen LogP contribution is -2.03. The molecule has 0 aliphatic rings. The Balaban J connectivity index is 2.17. The normalized spacial score (nSPS) is 10.1. The van der Waals surface area contributed by atoms with Crippen LogP contribution in [0.4, 0.5) is 5.69 Å². The molecule has 108 valence electrons. The van der Waals surface area contributed by atoms with Crippen molar-refractivity contribution in [3.05, 3.63) is 62.4 Å². The van der Waals surface area contributed by atoms with Gasteiger partial charge in [0.05, 0.1) is 4.92 Å². The highest BCUT2D eigenvalue weighted by atomic mass is 79.9. The zero-order valence-electron chi connectivity index (χ0n) is 10.5. The first-order valence-corrected chi connectivity index (χ1v) is 6.52. The molecule has 1 aromatic heterocycles. The molecule has 0 fully saturated rings. The van der Waals surface area contributed by atoms with Crippen LogP contribution in [0, 0.1) is 10.1 Å². The molecular weight excluding hydrogens is 344 g/mol. The van der Waals surface area contributed by atoms with Gasteiger partial charge in [0.15, 0.2) is 0 Å². The second kappa shape index (κ2) is 6.31. The van der Waals surface area contributed by atoms with Crippen LogP contribution >= 0.6 is 15.9 Å². The van der Waals surface area contributed by atoms with E-state index in [1.807, 2.05) is 0 Å². The first-order chi connectivity index (χ1) is 9.99. The van der Waals surface area contributed by atoms with Crippen molar-refractivity contribution in [1.82, 2.24) is 4.98 Å². The van der Waals surface area contributed by atoms with Gasteiger partial charge in [-0.3, -0.25) is 10.1 Å². The number of halogens is 1. The second-order valence-corrected chi connectivity index (χ2v) is 4.78. The number of hydrogen-bond donors (Lipinski definition) is 1. The Morgan fingerprint density at radius 3 is 2.86 bits per heavy atom. The fraction of sp³-hybridized carbons (Fsp3) is 0.0769. The number of carboxylic acids is 1. The lowest BCUT2D eigenvalue weighted by molar-refractivity contribution is -0.385. The zero-order valence-corrected chi connectivity index (χ0v) is 12.1. The van der Waals surface area contributed by atoms with Gasteiger partial charge in [0.25, 0.3) is 5.69 Å². The molecule has 0 aliphatic carbocycles. The number of benzene rings is 1. The summed E-state index contributed by atoms with van der Waals surface area (Å²) in [6.07, 6.45) is 1.37. The molecule has 2 rings (SSSR count). The molecule has 0 spiro atoms. The van der Waals surface area contributed by atoms with Crippen molar-refractivity contribution < 1.29 is 19.6 Å². The molecule has 0 saturated heterocycles. The maximum Gasteiger partial charge on any atom is 0.354 e. The van der Waals surface area contributed by atoms with E-state index in [9.17, 15) is 14.9 Å². The number of aromatic carboxylic acids is 1. The maximum atomic E-state index is 10.8. The SMILES string of the molecule is O=C(O)c1cc(COc2cccc([N+](=O)[O-])c2Br)ccn1. The quantitative estimate of drug-likeness (QED) is 0.655. The van der Waals surface area contributed by atoms with Crippen molar-refractivity contribution in [1.29, 1.82) is 0 Å². The molecule has 7 nitrogen and oxygen atoms in total. The Kier molecular flexibility index (Phi) is 4.49. The van der Waals surface area contributed by atoms with Crippen LogP contribution in [0.3, 0.4) is 0 Å². The van der Waals surface area contributed by atoms with Gasteiger partial charge >= 0.3 is 5.97 Å². The third-order valence-electron chi connectivity index (χ3n) is 2.58. The van der Waals surface area contributed by atoms with Gasteiger partial charge in [-0.05, 0) is 39.7 Å². The van der Waals surface area contributed by atoms with E-state index in [0.717, 1.165) is 0 Å². The first kappa shape index (κ1) is 14.9. The summed E-state index contributed by atoms with van der Waals surface area (Å²) < 4.78 is 5.71. The summed E-state index contributed by atoms with van der Waals surface area (Å²) >= 11 is 3.12. The van der Waals surface area contributed by atoms with E-state index in [1.54, 1.807) is 12.1 Å². The molecule has 0 saturated carbocycles. The van der Waals surface area contributed by atoms with Gasteiger partial charge in [0.1, 0.15) is 22.5 Å². The molecule has 8 heteroatoms. The minimum absolute atomic E-state index is 0.0720. The minimum Gasteiger partial charge on any atom is -0.487 e. The summed E-state index contributed by atoms with van der Waals surface area (Å²) in [5.41, 5.74) is 0.406. The summed E-state index contributed by atoms with van der Waals surface area (Å²) in [5.74, 6) is -0.828. The molecule has 1 aromatic carbocycles. The van der Waals surface area contributed by atoms with Crippen LogP contribution in [-0.2, 0) is 6.61 Å². The molecule has 1 heterocycles. The van der Waals surface area contributed by atoms with Crippen LogP contribution in [0.25, 0.3) is 0 Å². The number of nitro benzene ring substituents is 1. The van der Waals surface area contributed by atoms with Gasteiger partial charge in [-0.25, -0.2) is 9.78 Å². The third kappa shape index (κ3) is 3.54. The highest BCUT2D eigenvalue weighted by molar-refractivity contribution is 9.10. The fourth-order valence-electron chi connectivity index (χ4n) is 1.59. The molecule has 1 N–H and O–H groups in total. The largest absolute Gasteiger partial charge is 0.487 e. The summed E-state index contributed by atoms with van der Waals surface area (Å²) in [6.45, 7) is 0.0720. The summed E-state index contributed by atoms with van der Waals surface area (Å²) in [6, 6.07) is 7.43. The number of hydrogen-bond acceptors (Lipinski definition) is 5. The Morgan fingerprint density at radius 1 is 1.43 bits per heavy atom. The molecule has 0 aliphatic heterocycles. The smallest absolute Gasteiger partial charge is 0.354 e. The fourth-order valence-corrected chi connectivity index (χ4v) is 2.12. The average molecular weight is 353 g/mol. The molecule has 21 heavy (non-hydrogen) atoms. The van der Waals surface area contributed by atoms with Gasteiger partial charge in [-0.2, -0.15) is 0 Å². The van der Waals surface area contributed by atoms with E-state index in [1.165, 1.54) is 24.4 Å². The van der Waals surface area contributed by atoms with E-state index < -0.39 is 10.9 Å². The summed E-state index contributed by atoms with van der Waals surface area (Å²) in [7, 11) is 0. The lowest BCUT2D eigenvalue weighted by atomic mass is 10.2. The monoisotopic (exact) mass is 352 g/mol. The predicted octanol–water partition coefficient (Wildman–Crippen LogP) is 3.03. The molecule has 0 radical (unpaired) electrons. The van der Waals surface area contributed by atoms with E-state index >= 15 is 0 Å². The first-order valence-electron chi connectivity index (χ1n) is 5.73. The van der Waals surface area contributed by atoms with Gasteiger partial charge in [-0.15, -0.1) is 0 Å². The summed E-state index contributed by atoms with van der Waals surface area (Å²) in [5, 5.41) is 19.7. The molecule has 0 unspecified atom stereocenters. The Bertz CT molecular complexity index is 705. The number of ether oxygens (including phenoxy) is 1. The Labute approximate surface area is 127 Å². The average Bonchev–Trinajstić information content (AvgIpc) is 2.46. The lowest BCUT2D eigenvalue weighted by Gasteiger charge is -2.08. The van der Waals surface area contributed by atoms with Crippen molar-refractivity contribution in [3.8, 4) is 5.75 Å². The van der Waals surface area contributed by atoms with Crippen molar-refractivity contribution in [3.63, 3.8) is 0 Å². The number of carboxylic acid groups (broad SMARTS) is 1. The highest BCUT2D eigenvalue weighted by Crippen LogP contribution is 2.34. The van der Waals surface area contributed by atoms with Crippen molar-refractivity contribution in [2.45, 2.75) is 6.61 Å². The third-order valence-corrected chi connectivity index (χ3v) is 3.37. The van der Waals surface area contributed by atoms with Crippen LogP contribution in [0.15, 0.2) is 41.0 Å². The van der Waals surface area contributed by atoms with Gasteiger partial charge in [0, 0.05) is 12.3 Å². The topological polar surface area (TPSA) is 103 Å². The van der Waals surface area contributed by atoms with Gasteiger partial charge in [0.2, 0.25) is 0 Å². The maximum absolute atomic E-state index is 10.8. The van der Waals surface area contributed by atoms with E-state index in [0.29, 0.717) is 11.3 Å². The predicted molar refractivity (Wildman–Crippen MR) is 76.3 cm³/mol. The zero-order chi connectivity index (χ0) is 15.4. The number of carbonyl (C=O) groups is 1. The van der Waals surface area contributed by atoms with Crippen molar-refractivity contribution >= 4 is 27.6 Å². The molecular formula is C13H9BrN2O5. The van der Waals surface area contributed by atoms with Crippen LogP contribution in [0.5, 0.6) is 5.75 Å². The van der Waals surface area contributed by atoms with Crippen LogP contribution in [0.1, 0.15) is 16.1 Å². The second-order valence-electron chi connectivity index (χ2n) is 3.99. The minimum atomic E-state index is -1.13. The number of nitrogens with zero attached hydrogens (tertiary/aromatic N) is 2. The summed E-state index contributed by atoms with van der Waals surface area (Å²) in [4.78, 5) is 24.8. The highest BCUT2D eigenvalue weighted by Gasteiger charge is 2.16. The van der Waals surface area contributed by atoms with E-state index in [-0.39, 0.29) is 22.5 Å². The Hall–Kier alpha value is -2.48. The molecule has 0 atom stereocenters. The number of aromatic nitrogens is 1. The van der Waals surface area contributed by atoms with Gasteiger partial charge in [-0.1, -0.05) is 6.07 Å². The van der Waals surface area contributed by atoms with E-state index in [2.05, 4.69) is 20.9 Å². The standard InChI is InChI=1S/C13H9BrN2O5/c14-12-10(16(19)20)2-1-3-11(12)21-7-8-4-5-15-9(6-8)13(17)18/h1-6H,7H2,(H,17,18).